The van der Waals surface area contributed by atoms with Crippen molar-refractivity contribution < 1.29 is 14.7 Å². The Morgan fingerprint density at radius 1 is 1.10 bits per heavy atom. The first-order valence-corrected chi connectivity index (χ1v) is 7.95. The van der Waals surface area contributed by atoms with Gasteiger partial charge in [0.25, 0.3) is 0 Å². The lowest BCUT2D eigenvalue weighted by atomic mass is 9.78. The molecule has 0 heterocycles. The van der Waals surface area contributed by atoms with E-state index in [0.717, 1.165) is 25.7 Å². The average molecular weight is 283 g/mol. The fraction of sp³-hybridized carbons (Fsp3) is 0.875. The highest BCUT2D eigenvalue weighted by atomic mass is 16.4. The Balaban J connectivity index is 2.41. The number of carboxylic acids is 1. The van der Waals surface area contributed by atoms with Crippen LogP contribution in [-0.4, -0.2) is 23.0 Å². The van der Waals surface area contributed by atoms with Crippen molar-refractivity contribution in [2.75, 3.05) is 0 Å². The second-order valence-electron chi connectivity index (χ2n) is 6.57. The van der Waals surface area contributed by atoms with E-state index in [-0.39, 0.29) is 17.9 Å². The van der Waals surface area contributed by atoms with Gasteiger partial charge in [-0.25, -0.2) is 0 Å². The lowest BCUT2D eigenvalue weighted by Gasteiger charge is -2.28. The molecule has 0 aromatic heterocycles. The lowest BCUT2D eigenvalue weighted by Crippen LogP contribution is -2.43. The topological polar surface area (TPSA) is 66.4 Å². The predicted octanol–water partition coefficient (Wildman–Crippen LogP) is 3.21. The molecule has 0 aromatic carbocycles. The van der Waals surface area contributed by atoms with Crippen molar-refractivity contribution in [3.8, 4) is 0 Å². The number of nitrogens with one attached hydrogen (secondary N) is 1. The highest BCUT2D eigenvalue weighted by molar-refractivity contribution is 5.85. The number of amides is 1. The minimum Gasteiger partial charge on any atom is -0.481 e. The molecular weight excluding hydrogens is 254 g/mol. The molecule has 1 aliphatic rings. The van der Waals surface area contributed by atoms with Crippen LogP contribution in [0.4, 0.5) is 0 Å². The largest absolute Gasteiger partial charge is 0.481 e. The summed E-state index contributed by atoms with van der Waals surface area (Å²) in [5.41, 5.74) is 0. The maximum atomic E-state index is 12.2. The molecule has 0 aromatic rings. The van der Waals surface area contributed by atoms with E-state index in [2.05, 4.69) is 19.2 Å². The van der Waals surface area contributed by atoms with Crippen LogP contribution in [0.1, 0.15) is 65.7 Å². The lowest BCUT2D eigenvalue weighted by molar-refractivity contribution is -0.149. The van der Waals surface area contributed by atoms with Crippen LogP contribution in [0.2, 0.25) is 0 Å². The molecule has 4 heteroatoms. The number of carboxylic acid groups (broad SMARTS) is 1. The zero-order valence-corrected chi connectivity index (χ0v) is 13.0. The number of hydrogen-bond acceptors (Lipinski definition) is 2. The Bertz CT molecular complexity index is 328. The van der Waals surface area contributed by atoms with Gasteiger partial charge < -0.3 is 10.4 Å². The van der Waals surface area contributed by atoms with Gasteiger partial charge in [0, 0.05) is 6.04 Å². The van der Waals surface area contributed by atoms with Crippen molar-refractivity contribution in [1.29, 1.82) is 0 Å². The van der Waals surface area contributed by atoms with Crippen LogP contribution in [0.25, 0.3) is 0 Å². The van der Waals surface area contributed by atoms with Crippen LogP contribution >= 0.6 is 0 Å². The van der Waals surface area contributed by atoms with Crippen LogP contribution in [0.3, 0.4) is 0 Å². The molecule has 1 aliphatic carbocycles. The first-order valence-electron chi connectivity index (χ1n) is 7.95. The summed E-state index contributed by atoms with van der Waals surface area (Å²) in [7, 11) is 0. The van der Waals surface area contributed by atoms with Gasteiger partial charge in [0.05, 0.1) is 11.8 Å². The van der Waals surface area contributed by atoms with Gasteiger partial charge in [0.15, 0.2) is 0 Å². The number of hydrogen-bond donors (Lipinski definition) is 2. The van der Waals surface area contributed by atoms with E-state index in [1.54, 1.807) is 0 Å². The SMILES string of the molecule is CC(C)CCCC(C)NC(=O)C1CCCCC1C(=O)O. The Hall–Kier alpha value is -1.06. The number of carbonyl (C=O) groups excluding carboxylic acids is 1. The molecule has 1 fully saturated rings. The van der Waals surface area contributed by atoms with Crippen LogP contribution in [0, 0.1) is 17.8 Å². The zero-order chi connectivity index (χ0) is 15.1. The van der Waals surface area contributed by atoms with Crippen LogP contribution in [-0.2, 0) is 9.59 Å². The molecule has 116 valence electrons. The van der Waals surface area contributed by atoms with E-state index >= 15 is 0 Å². The highest BCUT2D eigenvalue weighted by Gasteiger charge is 2.35. The summed E-state index contributed by atoms with van der Waals surface area (Å²) in [4.78, 5) is 23.5. The molecule has 3 unspecified atom stereocenters. The molecule has 1 saturated carbocycles. The molecule has 0 spiro atoms. The van der Waals surface area contributed by atoms with Gasteiger partial charge in [-0.3, -0.25) is 9.59 Å². The van der Waals surface area contributed by atoms with Gasteiger partial charge in [-0.2, -0.15) is 0 Å². The number of carbonyl (C=O) groups is 2. The van der Waals surface area contributed by atoms with Crippen molar-refractivity contribution in [1.82, 2.24) is 5.32 Å². The first kappa shape index (κ1) is 17.0. The summed E-state index contributed by atoms with van der Waals surface area (Å²) in [5.74, 6) is -1.03. The van der Waals surface area contributed by atoms with Crippen molar-refractivity contribution in [2.45, 2.75) is 71.8 Å². The van der Waals surface area contributed by atoms with Gasteiger partial charge in [-0.15, -0.1) is 0 Å². The molecule has 0 bridgehead atoms. The molecule has 20 heavy (non-hydrogen) atoms. The summed E-state index contributed by atoms with van der Waals surface area (Å²) in [5, 5.41) is 12.2. The molecule has 1 amide bonds. The Labute approximate surface area is 122 Å². The standard InChI is InChI=1S/C16H29NO3/c1-11(2)7-6-8-12(3)17-15(18)13-9-4-5-10-14(13)16(19)20/h11-14H,4-10H2,1-3H3,(H,17,18)(H,19,20). The van der Waals surface area contributed by atoms with Crippen molar-refractivity contribution in [3.63, 3.8) is 0 Å². The van der Waals surface area contributed by atoms with E-state index in [1.165, 1.54) is 6.42 Å². The Kier molecular flexibility index (Phi) is 7.03. The summed E-state index contributed by atoms with van der Waals surface area (Å²) in [6, 6.07) is 0.137. The van der Waals surface area contributed by atoms with E-state index < -0.39 is 11.9 Å². The third-order valence-electron chi connectivity index (χ3n) is 4.23. The van der Waals surface area contributed by atoms with Gasteiger partial charge in [0.1, 0.15) is 0 Å². The summed E-state index contributed by atoms with van der Waals surface area (Å²) in [6.07, 6.45) is 6.47. The molecule has 2 N–H and O–H groups in total. The Morgan fingerprint density at radius 3 is 2.25 bits per heavy atom. The van der Waals surface area contributed by atoms with E-state index in [0.29, 0.717) is 18.8 Å². The van der Waals surface area contributed by atoms with E-state index in [4.69, 9.17) is 0 Å². The molecule has 3 atom stereocenters. The minimum absolute atomic E-state index is 0.0610. The smallest absolute Gasteiger partial charge is 0.307 e. The monoisotopic (exact) mass is 283 g/mol. The maximum absolute atomic E-state index is 12.2. The second-order valence-corrected chi connectivity index (χ2v) is 6.57. The molecule has 0 saturated heterocycles. The average Bonchev–Trinajstić information content (AvgIpc) is 2.38. The quantitative estimate of drug-likeness (QED) is 0.754. The van der Waals surface area contributed by atoms with Gasteiger partial charge in [-0.05, 0) is 32.1 Å². The van der Waals surface area contributed by atoms with E-state index in [1.807, 2.05) is 6.92 Å². The van der Waals surface area contributed by atoms with Gasteiger partial charge in [-0.1, -0.05) is 39.5 Å². The van der Waals surface area contributed by atoms with Gasteiger partial charge in [0.2, 0.25) is 5.91 Å². The van der Waals surface area contributed by atoms with Crippen LogP contribution in [0.15, 0.2) is 0 Å². The van der Waals surface area contributed by atoms with Crippen molar-refractivity contribution >= 4 is 11.9 Å². The maximum Gasteiger partial charge on any atom is 0.307 e. The second kappa shape index (κ2) is 8.28. The number of aliphatic carboxylic acids is 1. The van der Waals surface area contributed by atoms with Gasteiger partial charge >= 0.3 is 5.97 Å². The summed E-state index contributed by atoms with van der Waals surface area (Å²) in [6.45, 7) is 6.41. The molecule has 0 radical (unpaired) electrons. The predicted molar refractivity (Wildman–Crippen MR) is 79.4 cm³/mol. The number of rotatable bonds is 7. The van der Waals surface area contributed by atoms with Crippen LogP contribution < -0.4 is 5.32 Å². The third kappa shape index (κ3) is 5.51. The normalized spacial score (nSPS) is 24.4. The van der Waals surface area contributed by atoms with Crippen LogP contribution in [0.5, 0.6) is 0 Å². The first-order chi connectivity index (χ1) is 9.41. The third-order valence-corrected chi connectivity index (χ3v) is 4.23. The van der Waals surface area contributed by atoms with E-state index in [9.17, 15) is 14.7 Å². The molecule has 1 rings (SSSR count). The Morgan fingerprint density at radius 2 is 1.70 bits per heavy atom. The summed E-state index contributed by atoms with van der Waals surface area (Å²) < 4.78 is 0. The highest BCUT2D eigenvalue weighted by Crippen LogP contribution is 2.30. The molecule has 4 nitrogen and oxygen atoms in total. The van der Waals surface area contributed by atoms with Crippen molar-refractivity contribution in [3.05, 3.63) is 0 Å². The fourth-order valence-electron chi connectivity index (χ4n) is 2.99. The minimum atomic E-state index is -0.822. The molecular formula is C16H29NO3. The fourth-order valence-corrected chi connectivity index (χ4v) is 2.99. The van der Waals surface area contributed by atoms with Crippen molar-refractivity contribution in [2.24, 2.45) is 17.8 Å². The zero-order valence-electron chi connectivity index (χ0n) is 13.0. The summed E-state index contributed by atoms with van der Waals surface area (Å²) >= 11 is 0. The molecule has 0 aliphatic heterocycles.